The Hall–Kier alpha value is -6.97. The molecule has 2 aliphatic carbocycles. The first kappa shape index (κ1) is 43.6. The number of hydrogen-bond acceptors (Lipinski definition) is 2. The first-order valence-corrected chi connectivity index (χ1v) is 20.7. The number of anilines is 2. The zero-order valence-corrected chi connectivity index (χ0v) is 36.3. The summed E-state index contributed by atoms with van der Waals surface area (Å²) >= 11 is 0. The van der Waals surface area contributed by atoms with Crippen LogP contribution >= 0.6 is 0 Å². The highest BCUT2D eigenvalue weighted by molar-refractivity contribution is 5.95. The van der Waals surface area contributed by atoms with Crippen LogP contribution in [0.3, 0.4) is 0 Å². The maximum atomic E-state index is 14.4. The third-order valence-corrected chi connectivity index (χ3v) is 11.5. The molecule has 0 saturated carbocycles. The van der Waals surface area contributed by atoms with Crippen molar-refractivity contribution in [1.29, 1.82) is 0 Å². The number of benzene rings is 5. The van der Waals surface area contributed by atoms with Gasteiger partial charge in [-0.05, 0) is 121 Å². The largest absolute Gasteiger partial charge is 0.456 e. The summed E-state index contributed by atoms with van der Waals surface area (Å²) in [6.45, 7) is 34.6. The van der Waals surface area contributed by atoms with E-state index >= 15 is 0 Å². The summed E-state index contributed by atoms with van der Waals surface area (Å²) in [4.78, 5) is 2.01. The van der Waals surface area contributed by atoms with E-state index in [1.165, 1.54) is 67.8 Å². The zero-order valence-electron chi connectivity index (χ0n) is 36.3. The van der Waals surface area contributed by atoms with Gasteiger partial charge in [-0.1, -0.05) is 174 Å². The molecule has 5 aromatic carbocycles. The highest BCUT2D eigenvalue weighted by Gasteiger charge is 2.38. The molecule has 0 bridgehead atoms. The maximum Gasteiger partial charge on any atom is 0.134 e. The quantitative estimate of drug-likeness (QED) is 0.128. The monoisotopic (exact) mass is 801 g/mol. The fraction of sp³-hybridized carbons (Fsp3) is 0.138. The van der Waals surface area contributed by atoms with Gasteiger partial charge in [-0.3, -0.25) is 0 Å². The molecule has 0 atom stereocenters. The van der Waals surface area contributed by atoms with Crippen molar-refractivity contribution in [2.45, 2.75) is 52.9 Å². The van der Waals surface area contributed by atoms with Gasteiger partial charge in [0.1, 0.15) is 17.3 Å². The van der Waals surface area contributed by atoms with Crippen molar-refractivity contribution in [3.8, 4) is 22.3 Å². The van der Waals surface area contributed by atoms with Crippen LogP contribution in [-0.4, -0.2) is 0 Å². The fourth-order valence-electron chi connectivity index (χ4n) is 8.38. The minimum absolute atomic E-state index is 0.215. The second-order valence-electron chi connectivity index (χ2n) is 15.8. The van der Waals surface area contributed by atoms with Crippen LogP contribution in [0.25, 0.3) is 52.1 Å². The second-order valence-corrected chi connectivity index (χ2v) is 15.8. The van der Waals surface area contributed by atoms with E-state index in [0.29, 0.717) is 5.69 Å². The lowest BCUT2D eigenvalue weighted by molar-refractivity contribution is 0.537. The Kier molecular flexibility index (Phi) is 13.5. The molecule has 8 rings (SSSR count). The van der Waals surface area contributed by atoms with Crippen molar-refractivity contribution in [1.82, 2.24) is 0 Å². The molecule has 0 N–H and O–H groups in total. The van der Waals surface area contributed by atoms with Crippen molar-refractivity contribution in [2.75, 3.05) is 4.90 Å². The van der Waals surface area contributed by atoms with Crippen LogP contribution in [0, 0.1) is 19.7 Å². The van der Waals surface area contributed by atoms with Gasteiger partial charge in [0.2, 0.25) is 0 Å². The molecule has 306 valence electrons. The van der Waals surface area contributed by atoms with Gasteiger partial charge < -0.3 is 9.32 Å². The minimum atomic E-state index is -0.307. The molecule has 3 heteroatoms. The van der Waals surface area contributed by atoms with Gasteiger partial charge in [-0.2, -0.15) is 0 Å². The van der Waals surface area contributed by atoms with Gasteiger partial charge in [0.25, 0.3) is 0 Å². The lowest BCUT2D eigenvalue weighted by atomic mass is 9.80. The van der Waals surface area contributed by atoms with Crippen LogP contribution in [0.5, 0.6) is 0 Å². The van der Waals surface area contributed by atoms with Gasteiger partial charge in [0.15, 0.2) is 0 Å². The van der Waals surface area contributed by atoms with E-state index in [0.717, 1.165) is 52.4 Å². The normalized spacial score (nSPS) is 13.0. The number of aryl methyl sites for hydroxylation is 2. The van der Waals surface area contributed by atoms with Crippen LogP contribution in [0.1, 0.15) is 83.2 Å². The molecule has 1 aromatic heterocycles. The van der Waals surface area contributed by atoms with Crippen molar-refractivity contribution in [3.05, 3.63) is 234 Å². The maximum absolute atomic E-state index is 14.4. The molecule has 2 aliphatic rings. The molecule has 0 saturated heterocycles. The predicted molar refractivity (Wildman–Crippen MR) is 263 cm³/mol. The van der Waals surface area contributed by atoms with E-state index < -0.39 is 0 Å². The Morgan fingerprint density at radius 2 is 1.36 bits per heavy atom. The summed E-state index contributed by atoms with van der Waals surface area (Å²) in [5, 5.41) is 0. The number of furan rings is 1. The van der Waals surface area contributed by atoms with E-state index in [2.05, 4.69) is 153 Å². The Morgan fingerprint density at radius 3 is 1.98 bits per heavy atom. The predicted octanol–water partition coefficient (Wildman–Crippen LogP) is 16.7. The van der Waals surface area contributed by atoms with Gasteiger partial charge >= 0.3 is 0 Å². The van der Waals surface area contributed by atoms with Gasteiger partial charge in [-0.15, -0.1) is 0 Å². The Labute approximate surface area is 363 Å². The van der Waals surface area contributed by atoms with E-state index in [1.54, 1.807) is 24.3 Å². The van der Waals surface area contributed by atoms with Gasteiger partial charge in [0.05, 0.1) is 5.69 Å². The number of allylic oxidation sites excluding steroid dienone is 5. The van der Waals surface area contributed by atoms with Crippen molar-refractivity contribution in [3.63, 3.8) is 0 Å². The van der Waals surface area contributed by atoms with Crippen LogP contribution in [0.15, 0.2) is 177 Å². The summed E-state index contributed by atoms with van der Waals surface area (Å²) in [6.07, 6.45) is 17.1. The lowest BCUT2D eigenvalue weighted by Gasteiger charge is -2.31. The molecule has 0 spiro atoms. The third-order valence-electron chi connectivity index (χ3n) is 11.5. The average molecular weight is 802 g/mol. The first-order chi connectivity index (χ1) is 29.4. The Balaban J connectivity index is 0.000000187. The SMILES string of the molecule is C=C/C=C(\C=C)N(c1cccc(F)c1)c1cc2c(c(C=C)c1C=C)-c1ccc(C)cc1C2(C)C.C=Cc1oc2c(c1C=C)CCC=C2C.Cc1ccc(-c2ccccc2)cc1. The summed E-state index contributed by atoms with van der Waals surface area (Å²) in [7, 11) is 0. The summed E-state index contributed by atoms with van der Waals surface area (Å²) in [6, 6.07) is 34.4. The van der Waals surface area contributed by atoms with E-state index in [4.69, 9.17) is 4.42 Å². The van der Waals surface area contributed by atoms with Crippen molar-refractivity contribution < 1.29 is 8.81 Å². The van der Waals surface area contributed by atoms with Crippen molar-refractivity contribution >= 4 is 41.3 Å². The van der Waals surface area contributed by atoms with Crippen LogP contribution in [-0.2, 0) is 11.8 Å². The van der Waals surface area contributed by atoms with E-state index in [1.807, 2.05) is 41.3 Å². The standard InChI is InChI=1S/C32H30FN.C13H14O.C13H12/c1-8-13-23(9-2)34(24-15-12-14-22(33)19-24)30-20-29-31(26(11-4)25(30)10-3)27-17-16-21(5)18-28(27)32(29,6)7;1-4-10-11-8-6-7-9(3)13(11)14-12(10)5-2;1-11-7-9-13(10-8-11)12-5-3-2-4-6-12/h8-20H,1-4H2,5-7H3;4-5,7H,1-2,6,8H2,3H3;2-10H,1H3/b23-13+;;. The Bertz CT molecular complexity index is 2700. The van der Waals surface area contributed by atoms with E-state index in [-0.39, 0.29) is 11.2 Å². The number of rotatable bonds is 10. The molecule has 61 heavy (non-hydrogen) atoms. The number of halogens is 1. The molecular weight excluding hydrogens is 746 g/mol. The average Bonchev–Trinajstić information content (AvgIpc) is 3.75. The Morgan fingerprint density at radius 1 is 0.689 bits per heavy atom. The van der Waals surface area contributed by atoms with Gasteiger partial charge in [-0.25, -0.2) is 4.39 Å². The number of hydrogen-bond donors (Lipinski definition) is 0. The summed E-state index contributed by atoms with van der Waals surface area (Å²) in [5.74, 6) is 1.55. The fourth-order valence-corrected chi connectivity index (χ4v) is 8.38. The second kappa shape index (κ2) is 19.0. The highest BCUT2D eigenvalue weighted by Crippen LogP contribution is 2.54. The van der Waals surface area contributed by atoms with Crippen LogP contribution in [0.4, 0.5) is 15.8 Å². The molecule has 0 aliphatic heterocycles. The topological polar surface area (TPSA) is 16.4 Å². The molecule has 2 nitrogen and oxygen atoms in total. The zero-order chi connectivity index (χ0) is 43.8. The van der Waals surface area contributed by atoms with Crippen molar-refractivity contribution in [2.24, 2.45) is 0 Å². The lowest BCUT2D eigenvalue weighted by Crippen LogP contribution is -2.20. The molecule has 0 amide bonds. The molecule has 0 unspecified atom stereocenters. The smallest absolute Gasteiger partial charge is 0.134 e. The molecular formula is C58H56FNO. The molecule has 0 radical (unpaired) electrons. The highest BCUT2D eigenvalue weighted by atomic mass is 19.1. The molecule has 6 aromatic rings. The molecule has 0 fully saturated rings. The molecule has 1 heterocycles. The minimum Gasteiger partial charge on any atom is -0.456 e. The van der Waals surface area contributed by atoms with Gasteiger partial charge in [0, 0.05) is 33.5 Å². The van der Waals surface area contributed by atoms with E-state index in [9.17, 15) is 4.39 Å². The summed E-state index contributed by atoms with van der Waals surface area (Å²) in [5.41, 5.74) is 17.7. The number of nitrogens with zero attached hydrogens (tertiary/aromatic N) is 1. The third kappa shape index (κ3) is 8.83. The van der Waals surface area contributed by atoms with Crippen LogP contribution < -0.4 is 4.90 Å². The first-order valence-electron chi connectivity index (χ1n) is 20.7. The number of fused-ring (bicyclic) bond motifs is 4. The van der Waals surface area contributed by atoms with Crippen LogP contribution in [0.2, 0.25) is 0 Å². The summed E-state index contributed by atoms with van der Waals surface area (Å²) < 4.78 is 20.1.